The van der Waals surface area contributed by atoms with Gasteiger partial charge in [-0.05, 0) is 36.5 Å². The molecule has 1 saturated heterocycles. The molecule has 3 rings (SSSR count). The molecule has 1 aromatic heterocycles. The highest BCUT2D eigenvalue weighted by atomic mass is 16.2. The maximum absolute atomic E-state index is 11.3. The summed E-state index contributed by atoms with van der Waals surface area (Å²) in [5, 5.41) is 7.79. The van der Waals surface area contributed by atoms with Crippen LogP contribution < -0.4 is 0 Å². The first-order valence-electron chi connectivity index (χ1n) is 6.96. The molecule has 1 aliphatic rings. The molecular weight excluding hydrogens is 252 g/mol. The summed E-state index contributed by atoms with van der Waals surface area (Å²) in [7, 11) is 0. The number of nitrogens with zero attached hydrogens (tertiary/aromatic N) is 4. The van der Waals surface area contributed by atoms with Crippen molar-refractivity contribution in [2.75, 3.05) is 13.1 Å². The van der Waals surface area contributed by atoms with Crippen LogP contribution in [0.1, 0.15) is 31.2 Å². The van der Waals surface area contributed by atoms with Gasteiger partial charge >= 0.3 is 0 Å². The molecule has 0 bridgehead atoms. The van der Waals surface area contributed by atoms with Gasteiger partial charge in [0.1, 0.15) is 0 Å². The molecule has 2 heterocycles. The van der Waals surface area contributed by atoms with Crippen LogP contribution in [0.2, 0.25) is 0 Å². The summed E-state index contributed by atoms with van der Waals surface area (Å²) in [6.07, 6.45) is 5.59. The molecule has 0 spiro atoms. The van der Waals surface area contributed by atoms with E-state index in [0.717, 1.165) is 31.6 Å². The number of likely N-dealkylation sites (tertiary alicyclic amines) is 1. The molecule has 104 valence electrons. The standard InChI is InChI=1S/C15H18N4O/c1-12(20)18-9-6-14(7-10-18)13-2-4-15(5-3-13)19-11-8-16-17-19/h2-5,8,11,14H,6-7,9-10H2,1H3. The van der Waals surface area contributed by atoms with Crippen molar-refractivity contribution in [2.45, 2.75) is 25.7 Å². The molecule has 0 saturated carbocycles. The monoisotopic (exact) mass is 270 g/mol. The van der Waals surface area contributed by atoms with E-state index in [9.17, 15) is 4.79 Å². The van der Waals surface area contributed by atoms with Gasteiger partial charge < -0.3 is 4.90 Å². The highest BCUT2D eigenvalue weighted by molar-refractivity contribution is 5.73. The Hall–Kier alpha value is -2.17. The summed E-state index contributed by atoms with van der Waals surface area (Å²) < 4.78 is 1.75. The molecule has 1 fully saturated rings. The number of amides is 1. The number of carbonyl (C=O) groups is 1. The summed E-state index contributed by atoms with van der Waals surface area (Å²) in [4.78, 5) is 13.3. The van der Waals surface area contributed by atoms with E-state index in [1.807, 2.05) is 11.1 Å². The average molecular weight is 270 g/mol. The lowest BCUT2D eigenvalue weighted by Gasteiger charge is -2.31. The smallest absolute Gasteiger partial charge is 0.219 e. The lowest BCUT2D eigenvalue weighted by Crippen LogP contribution is -2.36. The van der Waals surface area contributed by atoms with E-state index in [2.05, 4.69) is 34.6 Å². The minimum atomic E-state index is 0.185. The van der Waals surface area contributed by atoms with E-state index in [1.54, 1.807) is 17.8 Å². The molecule has 1 amide bonds. The minimum absolute atomic E-state index is 0.185. The molecule has 0 atom stereocenters. The number of benzene rings is 1. The minimum Gasteiger partial charge on any atom is -0.343 e. The molecule has 0 radical (unpaired) electrons. The van der Waals surface area contributed by atoms with Crippen molar-refractivity contribution in [3.05, 3.63) is 42.2 Å². The first-order valence-corrected chi connectivity index (χ1v) is 6.96. The molecule has 0 aliphatic carbocycles. The molecule has 0 N–H and O–H groups in total. The van der Waals surface area contributed by atoms with Crippen LogP contribution in [0, 0.1) is 0 Å². The SMILES string of the molecule is CC(=O)N1CCC(c2ccc(-n3ccnn3)cc2)CC1. The number of aromatic nitrogens is 3. The fourth-order valence-electron chi connectivity index (χ4n) is 2.77. The maximum Gasteiger partial charge on any atom is 0.219 e. The Morgan fingerprint density at radius 3 is 2.45 bits per heavy atom. The molecule has 0 unspecified atom stereocenters. The van der Waals surface area contributed by atoms with Gasteiger partial charge in [-0.25, -0.2) is 4.68 Å². The van der Waals surface area contributed by atoms with Crippen LogP contribution in [-0.4, -0.2) is 38.9 Å². The van der Waals surface area contributed by atoms with Crippen molar-refractivity contribution in [1.29, 1.82) is 0 Å². The Bertz CT molecular complexity index is 568. The molecule has 20 heavy (non-hydrogen) atoms. The summed E-state index contributed by atoms with van der Waals surface area (Å²) in [5.74, 6) is 0.736. The molecule has 1 aromatic carbocycles. The summed E-state index contributed by atoms with van der Waals surface area (Å²) in [5.41, 5.74) is 2.37. The number of hydrogen-bond acceptors (Lipinski definition) is 3. The number of piperidine rings is 1. The van der Waals surface area contributed by atoms with Gasteiger partial charge in [0.25, 0.3) is 0 Å². The Balaban J connectivity index is 1.68. The molecular formula is C15H18N4O. The van der Waals surface area contributed by atoms with Crippen LogP contribution in [0.3, 0.4) is 0 Å². The van der Waals surface area contributed by atoms with E-state index >= 15 is 0 Å². The van der Waals surface area contributed by atoms with Crippen molar-refractivity contribution < 1.29 is 4.79 Å². The van der Waals surface area contributed by atoms with Gasteiger partial charge in [0.05, 0.1) is 18.1 Å². The van der Waals surface area contributed by atoms with Crippen LogP contribution in [0.5, 0.6) is 0 Å². The summed E-state index contributed by atoms with van der Waals surface area (Å²) >= 11 is 0. The van der Waals surface area contributed by atoms with Crippen molar-refractivity contribution in [3.8, 4) is 5.69 Å². The van der Waals surface area contributed by atoms with Gasteiger partial charge in [-0.15, -0.1) is 5.10 Å². The zero-order chi connectivity index (χ0) is 13.9. The topological polar surface area (TPSA) is 51.0 Å². The fourth-order valence-corrected chi connectivity index (χ4v) is 2.77. The van der Waals surface area contributed by atoms with Crippen molar-refractivity contribution >= 4 is 5.91 Å². The summed E-state index contributed by atoms with van der Waals surface area (Å²) in [6, 6.07) is 8.46. The van der Waals surface area contributed by atoms with E-state index in [-0.39, 0.29) is 5.91 Å². The summed E-state index contributed by atoms with van der Waals surface area (Å²) in [6.45, 7) is 3.38. The van der Waals surface area contributed by atoms with Gasteiger partial charge in [-0.3, -0.25) is 4.79 Å². The predicted octanol–water partition coefficient (Wildman–Crippen LogP) is 1.99. The Kier molecular flexibility index (Phi) is 3.50. The lowest BCUT2D eigenvalue weighted by atomic mass is 9.89. The third kappa shape index (κ3) is 2.57. The second-order valence-electron chi connectivity index (χ2n) is 5.22. The van der Waals surface area contributed by atoms with Gasteiger partial charge in [0, 0.05) is 20.0 Å². The van der Waals surface area contributed by atoms with Crippen molar-refractivity contribution in [2.24, 2.45) is 0 Å². The van der Waals surface area contributed by atoms with Gasteiger partial charge in [0.15, 0.2) is 0 Å². The Morgan fingerprint density at radius 1 is 1.20 bits per heavy atom. The Morgan fingerprint density at radius 2 is 1.90 bits per heavy atom. The highest BCUT2D eigenvalue weighted by Crippen LogP contribution is 2.28. The van der Waals surface area contributed by atoms with Gasteiger partial charge in [0.2, 0.25) is 5.91 Å². The second kappa shape index (κ2) is 5.45. The molecule has 5 heteroatoms. The van der Waals surface area contributed by atoms with Crippen LogP contribution in [0.4, 0.5) is 0 Å². The van der Waals surface area contributed by atoms with Crippen molar-refractivity contribution in [1.82, 2.24) is 19.9 Å². The molecule has 5 nitrogen and oxygen atoms in total. The normalized spacial score (nSPS) is 16.4. The van der Waals surface area contributed by atoms with Gasteiger partial charge in [-0.1, -0.05) is 17.3 Å². The first-order chi connectivity index (χ1) is 9.74. The maximum atomic E-state index is 11.3. The average Bonchev–Trinajstić information content (AvgIpc) is 3.02. The van der Waals surface area contributed by atoms with Crippen molar-refractivity contribution in [3.63, 3.8) is 0 Å². The quantitative estimate of drug-likeness (QED) is 0.838. The number of hydrogen-bond donors (Lipinski definition) is 0. The zero-order valence-corrected chi connectivity index (χ0v) is 11.6. The predicted molar refractivity (Wildman–Crippen MR) is 75.6 cm³/mol. The van der Waals surface area contributed by atoms with Crippen LogP contribution in [-0.2, 0) is 4.79 Å². The van der Waals surface area contributed by atoms with E-state index < -0.39 is 0 Å². The zero-order valence-electron chi connectivity index (χ0n) is 11.6. The molecule has 1 aliphatic heterocycles. The molecule has 2 aromatic rings. The van der Waals surface area contributed by atoms with Crippen LogP contribution >= 0.6 is 0 Å². The van der Waals surface area contributed by atoms with E-state index in [1.165, 1.54) is 5.56 Å². The number of carbonyl (C=O) groups excluding carboxylic acids is 1. The first kappa shape index (κ1) is 12.8. The third-order valence-electron chi connectivity index (χ3n) is 3.99. The lowest BCUT2D eigenvalue weighted by molar-refractivity contribution is -0.129. The van der Waals surface area contributed by atoms with Crippen LogP contribution in [0.15, 0.2) is 36.7 Å². The van der Waals surface area contributed by atoms with E-state index in [4.69, 9.17) is 0 Å². The Labute approximate surface area is 118 Å². The fraction of sp³-hybridized carbons (Fsp3) is 0.400. The van der Waals surface area contributed by atoms with Gasteiger partial charge in [-0.2, -0.15) is 0 Å². The number of rotatable bonds is 2. The third-order valence-corrected chi connectivity index (χ3v) is 3.99. The van der Waals surface area contributed by atoms with E-state index in [0.29, 0.717) is 5.92 Å². The second-order valence-corrected chi connectivity index (χ2v) is 5.22. The largest absolute Gasteiger partial charge is 0.343 e. The highest BCUT2D eigenvalue weighted by Gasteiger charge is 2.21. The van der Waals surface area contributed by atoms with Crippen LogP contribution in [0.25, 0.3) is 5.69 Å².